The second-order valence-electron chi connectivity index (χ2n) is 8.42. The van der Waals surface area contributed by atoms with Gasteiger partial charge in [0.25, 0.3) is 0 Å². The van der Waals surface area contributed by atoms with Gasteiger partial charge in [-0.25, -0.2) is 0 Å². The number of carbonyl (C=O) groups excluding carboxylic acids is 3. The summed E-state index contributed by atoms with van der Waals surface area (Å²) in [5.74, 6) is -1.45. The van der Waals surface area contributed by atoms with Crippen LogP contribution in [0.4, 0.5) is 0 Å². The van der Waals surface area contributed by atoms with Crippen LogP contribution in [0.1, 0.15) is 61.9 Å². The van der Waals surface area contributed by atoms with Gasteiger partial charge in [-0.1, -0.05) is 25.5 Å². The number of carbonyl (C=O) groups is 3. The molecular weight excluding hydrogens is 384 g/mol. The molecule has 1 aromatic carbocycles. The van der Waals surface area contributed by atoms with Crippen LogP contribution in [0.2, 0.25) is 0 Å². The summed E-state index contributed by atoms with van der Waals surface area (Å²) in [6.45, 7) is 3.57. The Kier molecular flexibility index (Phi) is 7.08. The molecule has 0 fully saturated rings. The van der Waals surface area contributed by atoms with Crippen LogP contribution < -0.4 is 4.74 Å². The average molecular weight is 414 g/mol. The van der Waals surface area contributed by atoms with E-state index in [2.05, 4.69) is 6.92 Å². The van der Waals surface area contributed by atoms with Gasteiger partial charge in [0.2, 0.25) is 0 Å². The molecule has 0 aromatic heterocycles. The Hall–Kier alpha value is -2.47. The normalized spacial score (nSPS) is 24.0. The maximum atomic E-state index is 12.9. The fourth-order valence-electron chi connectivity index (χ4n) is 4.75. The molecule has 0 heterocycles. The lowest BCUT2D eigenvalue weighted by Gasteiger charge is -2.34. The van der Waals surface area contributed by atoms with Gasteiger partial charge in [-0.3, -0.25) is 14.4 Å². The van der Waals surface area contributed by atoms with Crippen LogP contribution >= 0.6 is 0 Å². The lowest BCUT2D eigenvalue weighted by molar-refractivity contribution is -0.123. The number of allylic oxidation sites excluding steroid dienone is 1. The summed E-state index contributed by atoms with van der Waals surface area (Å²) in [4.78, 5) is 37.0. The summed E-state index contributed by atoms with van der Waals surface area (Å²) in [5, 5.41) is 20.2. The molecule has 2 aliphatic carbocycles. The van der Waals surface area contributed by atoms with Crippen LogP contribution in [-0.4, -0.2) is 40.8 Å². The zero-order chi connectivity index (χ0) is 21.8. The van der Waals surface area contributed by atoms with Gasteiger partial charge in [-0.15, -0.1) is 0 Å². The minimum absolute atomic E-state index is 0.00872. The molecule has 0 saturated carbocycles. The monoisotopic (exact) mass is 414 g/mol. The Morgan fingerprint density at radius 2 is 1.93 bits per heavy atom. The quantitative estimate of drug-likeness (QED) is 0.498. The lowest BCUT2D eigenvalue weighted by Crippen LogP contribution is -2.35. The highest BCUT2D eigenvalue weighted by molar-refractivity contribution is 6.20. The fourth-order valence-corrected chi connectivity index (χ4v) is 4.75. The van der Waals surface area contributed by atoms with Crippen molar-refractivity contribution in [3.05, 3.63) is 40.7 Å². The summed E-state index contributed by atoms with van der Waals surface area (Å²) in [6.07, 6.45) is 3.59. The number of fused-ring (bicyclic) bond motifs is 1. The Morgan fingerprint density at radius 3 is 2.60 bits per heavy atom. The van der Waals surface area contributed by atoms with E-state index in [0.29, 0.717) is 37.2 Å². The fraction of sp³-hybridized carbons (Fsp3) is 0.542. The van der Waals surface area contributed by atoms with E-state index in [4.69, 9.17) is 4.74 Å². The highest BCUT2D eigenvalue weighted by Gasteiger charge is 2.40. The highest BCUT2D eigenvalue weighted by Crippen LogP contribution is 2.40. The van der Waals surface area contributed by atoms with Crippen LogP contribution in [0.3, 0.4) is 0 Å². The maximum absolute atomic E-state index is 12.9. The van der Waals surface area contributed by atoms with Crippen molar-refractivity contribution in [2.45, 2.75) is 52.4 Å². The van der Waals surface area contributed by atoms with E-state index in [1.807, 2.05) is 18.2 Å². The van der Waals surface area contributed by atoms with Crippen LogP contribution in [0.15, 0.2) is 29.5 Å². The number of ketones is 3. The second kappa shape index (κ2) is 9.56. The molecule has 0 saturated heterocycles. The number of rotatable bonds is 8. The molecule has 30 heavy (non-hydrogen) atoms. The molecular formula is C24H30O6. The van der Waals surface area contributed by atoms with Crippen molar-refractivity contribution in [3.63, 3.8) is 0 Å². The van der Waals surface area contributed by atoms with E-state index in [1.54, 1.807) is 0 Å². The Labute approximate surface area is 176 Å². The first kappa shape index (κ1) is 22.2. The number of benzene rings is 1. The highest BCUT2D eigenvalue weighted by atomic mass is 16.5. The van der Waals surface area contributed by atoms with Crippen molar-refractivity contribution in [3.8, 4) is 5.75 Å². The summed E-state index contributed by atoms with van der Waals surface area (Å²) in [7, 11) is 0. The van der Waals surface area contributed by atoms with Gasteiger partial charge in [-0.05, 0) is 49.7 Å². The SMILES string of the molecule is CCCCOc1cccc2c1C(=O)CC(CC1CC(=O)C(C(C)=O)=C(O)C1CO)C2. The molecule has 0 bridgehead atoms. The van der Waals surface area contributed by atoms with Crippen molar-refractivity contribution in [2.24, 2.45) is 17.8 Å². The average Bonchev–Trinajstić information content (AvgIpc) is 2.67. The molecule has 3 unspecified atom stereocenters. The lowest BCUT2D eigenvalue weighted by atomic mass is 9.70. The molecule has 3 atom stereocenters. The molecule has 0 amide bonds. The minimum atomic E-state index is -0.651. The predicted octanol–water partition coefficient (Wildman–Crippen LogP) is 3.60. The molecule has 0 spiro atoms. The summed E-state index contributed by atoms with van der Waals surface area (Å²) in [5.41, 5.74) is 1.41. The number of Topliss-reactive ketones (excluding diaryl/α,β-unsaturated/α-hetero) is 3. The smallest absolute Gasteiger partial charge is 0.170 e. The molecule has 0 radical (unpaired) electrons. The van der Waals surface area contributed by atoms with Gasteiger partial charge >= 0.3 is 0 Å². The summed E-state index contributed by atoms with van der Waals surface area (Å²) in [6, 6.07) is 5.66. The number of hydrogen-bond acceptors (Lipinski definition) is 6. The zero-order valence-electron chi connectivity index (χ0n) is 17.6. The number of ether oxygens (including phenoxy) is 1. The van der Waals surface area contributed by atoms with Crippen LogP contribution in [0.5, 0.6) is 5.75 Å². The number of aliphatic hydroxyl groups is 2. The van der Waals surface area contributed by atoms with E-state index < -0.39 is 11.7 Å². The third-order valence-electron chi connectivity index (χ3n) is 6.22. The first-order chi connectivity index (χ1) is 14.4. The topological polar surface area (TPSA) is 101 Å². The van der Waals surface area contributed by atoms with Crippen LogP contribution in [0.25, 0.3) is 0 Å². The molecule has 3 rings (SSSR count). The van der Waals surface area contributed by atoms with Gasteiger partial charge in [0.15, 0.2) is 17.3 Å². The van der Waals surface area contributed by atoms with E-state index in [9.17, 15) is 24.6 Å². The van der Waals surface area contributed by atoms with Crippen molar-refractivity contribution in [2.75, 3.05) is 13.2 Å². The van der Waals surface area contributed by atoms with Gasteiger partial charge in [0.1, 0.15) is 11.5 Å². The Balaban J connectivity index is 1.77. The first-order valence-electron chi connectivity index (χ1n) is 10.7. The number of unbranched alkanes of at least 4 members (excludes halogenated alkanes) is 1. The van der Waals surface area contributed by atoms with Gasteiger partial charge in [0, 0.05) is 18.8 Å². The van der Waals surface area contributed by atoms with Gasteiger partial charge in [0.05, 0.1) is 24.4 Å². The molecule has 6 nitrogen and oxygen atoms in total. The van der Waals surface area contributed by atoms with Crippen LogP contribution in [-0.2, 0) is 16.0 Å². The molecule has 0 aliphatic heterocycles. The van der Waals surface area contributed by atoms with Crippen molar-refractivity contribution in [1.29, 1.82) is 0 Å². The maximum Gasteiger partial charge on any atom is 0.170 e. The third-order valence-corrected chi connectivity index (χ3v) is 6.22. The van der Waals surface area contributed by atoms with Crippen molar-refractivity contribution < 1.29 is 29.3 Å². The predicted molar refractivity (Wildman–Crippen MR) is 112 cm³/mol. The first-order valence-corrected chi connectivity index (χ1v) is 10.7. The van der Waals surface area contributed by atoms with E-state index in [1.165, 1.54) is 6.92 Å². The van der Waals surface area contributed by atoms with Crippen LogP contribution in [0, 0.1) is 17.8 Å². The van der Waals surface area contributed by atoms with Gasteiger partial charge in [-0.2, -0.15) is 0 Å². The zero-order valence-corrected chi connectivity index (χ0v) is 17.6. The van der Waals surface area contributed by atoms with Gasteiger partial charge < -0.3 is 14.9 Å². The van der Waals surface area contributed by atoms with E-state index in [-0.39, 0.29) is 47.8 Å². The third kappa shape index (κ3) is 4.48. The van der Waals surface area contributed by atoms with Crippen molar-refractivity contribution in [1.82, 2.24) is 0 Å². The Bertz CT molecular complexity index is 868. The molecule has 2 N–H and O–H groups in total. The number of hydrogen-bond donors (Lipinski definition) is 2. The number of aliphatic hydroxyl groups excluding tert-OH is 2. The van der Waals surface area contributed by atoms with Crippen molar-refractivity contribution >= 4 is 17.3 Å². The molecule has 6 heteroatoms. The van der Waals surface area contributed by atoms with E-state index in [0.717, 1.165) is 18.4 Å². The molecule has 1 aromatic rings. The standard InChI is InChI=1S/C24H30O6/c1-3-4-8-30-21-7-5-6-16-9-15(11-19(27)23(16)21)10-17-12-20(28)22(14(2)26)24(29)18(17)13-25/h5-7,15,17-18,25,29H,3-4,8-13H2,1-2H3. The summed E-state index contributed by atoms with van der Waals surface area (Å²) >= 11 is 0. The Morgan fingerprint density at radius 1 is 1.17 bits per heavy atom. The molecule has 162 valence electrons. The largest absolute Gasteiger partial charge is 0.511 e. The minimum Gasteiger partial charge on any atom is -0.511 e. The summed E-state index contributed by atoms with van der Waals surface area (Å²) < 4.78 is 5.83. The second-order valence-corrected chi connectivity index (χ2v) is 8.42. The molecule has 2 aliphatic rings. The van der Waals surface area contributed by atoms with E-state index >= 15 is 0 Å².